The van der Waals surface area contributed by atoms with Gasteiger partial charge in [0.05, 0.1) is 12.3 Å². The van der Waals surface area contributed by atoms with Gasteiger partial charge in [-0.25, -0.2) is 0 Å². The Morgan fingerprint density at radius 2 is 1.96 bits per heavy atom. The van der Waals surface area contributed by atoms with Gasteiger partial charge in [0.1, 0.15) is 5.76 Å². The van der Waals surface area contributed by atoms with Gasteiger partial charge in [-0.3, -0.25) is 9.69 Å². The van der Waals surface area contributed by atoms with E-state index in [0.717, 1.165) is 24.4 Å². The number of furan rings is 1. The van der Waals surface area contributed by atoms with Crippen LogP contribution in [0.1, 0.15) is 41.6 Å². The Morgan fingerprint density at radius 1 is 1.18 bits per heavy atom. The molecule has 0 bridgehead atoms. The van der Waals surface area contributed by atoms with Gasteiger partial charge in [-0.1, -0.05) is 23.2 Å². The van der Waals surface area contributed by atoms with Crippen molar-refractivity contribution in [3.63, 3.8) is 0 Å². The Hall–Kier alpha value is -2.57. The second-order valence-electron chi connectivity index (χ2n) is 6.92. The molecule has 4 rings (SSSR count). The molecule has 0 saturated carbocycles. The predicted molar refractivity (Wildman–Crippen MR) is 106 cm³/mol. The van der Waals surface area contributed by atoms with Crippen molar-refractivity contribution in [2.75, 3.05) is 19.6 Å². The van der Waals surface area contributed by atoms with E-state index in [2.05, 4.69) is 15.4 Å². The summed E-state index contributed by atoms with van der Waals surface area (Å²) in [5.41, 5.74) is 1.07. The van der Waals surface area contributed by atoms with E-state index in [0.29, 0.717) is 17.3 Å². The van der Waals surface area contributed by atoms with Crippen molar-refractivity contribution in [3.8, 4) is 11.3 Å². The van der Waals surface area contributed by atoms with Crippen LogP contribution in [0.15, 0.2) is 57.7 Å². The maximum absolute atomic E-state index is 12.6. The number of nitrogens with zero attached hydrogens (tertiary/aromatic N) is 2. The quantitative estimate of drug-likeness (QED) is 0.658. The molecule has 146 valence electrons. The van der Waals surface area contributed by atoms with Gasteiger partial charge in [0, 0.05) is 23.2 Å². The van der Waals surface area contributed by atoms with Gasteiger partial charge >= 0.3 is 0 Å². The molecule has 1 N–H and O–H groups in total. The van der Waals surface area contributed by atoms with E-state index in [4.69, 9.17) is 20.5 Å². The molecule has 7 heteroatoms. The van der Waals surface area contributed by atoms with Crippen molar-refractivity contribution in [3.05, 3.63) is 65.2 Å². The fourth-order valence-corrected chi connectivity index (χ4v) is 3.66. The smallest absolute Gasteiger partial charge is 0.273 e. The summed E-state index contributed by atoms with van der Waals surface area (Å²) in [6.45, 7) is 2.47. The average Bonchev–Trinajstić information content (AvgIpc) is 3.42. The number of nitrogens with one attached hydrogen (secondary N) is 1. The van der Waals surface area contributed by atoms with Crippen molar-refractivity contribution in [2.45, 2.75) is 25.3 Å². The molecule has 1 aliphatic heterocycles. The summed E-state index contributed by atoms with van der Waals surface area (Å²) in [4.78, 5) is 15.0. The molecule has 1 aliphatic rings. The number of aromatic nitrogens is 1. The molecule has 3 heterocycles. The van der Waals surface area contributed by atoms with Crippen molar-refractivity contribution in [1.82, 2.24) is 15.4 Å². The van der Waals surface area contributed by atoms with E-state index in [9.17, 15) is 4.79 Å². The Kier molecular flexibility index (Phi) is 5.78. The number of halogens is 1. The van der Waals surface area contributed by atoms with Crippen LogP contribution in [0.4, 0.5) is 0 Å². The Labute approximate surface area is 168 Å². The molecule has 1 atom stereocenters. The zero-order chi connectivity index (χ0) is 19.3. The van der Waals surface area contributed by atoms with Gasteiger partial charge in [0.2, 0.25) is 0 Å². The number of carbonyl (C=O) groups excluding carboxylic acids is 1. The highest BCUT2D eigenvalue weighted by molar-refractivity contribution is 6.30. The van der Waals surface area contributed by atoms with Crippen LogP contribution in [0.5, 0.6) is 0 Å². The lowest BCUT2D eigenvalue weighted by atomic mass is 10.1. The molecule has 1 fully saturated rings. The Balaban J connectivity index is 1.43. The summed E-state index contributed by atoms with van der Waals surface area (Å²) in [5, 5.41) is 7.53. The minimum absolute atomic E-state index is 0.0156. The molecule has 2 aromatic heterocycles. The van der Waals surface area contributed by atoms with Gasteiger partial charge in [0.25, 0.3) is 5.91 Å². The minimum atomic E-state index is -0.266. The number of benzene rings is 1. The molecular weight excluding hydrogens is 378 g/mol. The first-order valence-electron chi connectivity index (χ1n) is 9.49. The van der Waals surface area contributed by atoms with Crippen molar-refractivity contribution < 1.29 is 13.7 Å². The highest BCUT2D eigenvalue weighted by Crippen LogP contribution is 2.25. The van der Waals surface area contributed by atoms with Crippen molar-refractivity contribution in [2.24, 2.45) is 0 Å². The molecule has 0 radical (unpaired) electrons. The van der Waals surface area contributed by atoms with Crippen LogP contribution in [0.25, 0.3) is 11.3 Å². The fraction of sp³-hybridized carbons (Fsp3) is 0.333. The Bertz CT molecular complexity index is 899. The molecule has 28 heavy (non-hydrogen) atoms. The van der Waals surface area contributed by atoms with E-state index >= 15 is 0 Å². The second-order valence-corrected chi connectivity index (χ2v) is 7.36. The lowest BCUT2D eigenvalue weighted by Crippen LogP contribution is -2.40. The summed E-state index contributed by atoms with van der Waals surface area (Å²) < 4.78 is 10.9. The fourth-order valence-electron chi connectivity index (χ4n) is 3.53. The number of amides is 1. The third-order valence-corrected chi connectivity index (χ3v) is 5.28. The zero-order valence-corrected chi connectivity index (χ0v) is 16.2. The normalized spacial score (nSPS) is 16.0. The highest BCUT2D eigenvalue weighted by Gasteiger charge is 2.25. The van der Waals surface area contributed by atoms with E-state index in [-0.39, 0.29) is 17.6 Å². The van der Waals surface area contributed by atoms with E-state index in [1.165, 1.54) is 19.3 Å². The maximum Gasteiger partial charge on any atom is 0.273 e. The molecule has 0 aliphatic carbocycles. The second kappa shape index (κ2) is 8.63. The number of piperidine rings is 1. The van der Waals surface area contributed by atoms with Crippen molar-refractivity contribution >= 4 is 17.5 Å². The number of carbonyl (C=O) groups is 1. The molecule has 1 amide bonds. The molecule has 0 unspecified atom stereocenters. The van der Waals surface area contributed by atoms with E-state index in [1.54, 1.807) is 24.5 Å². The first-order chi connectivity index (χ1) is 13.7. The van der Waals surface area contributed by atoms with Crippen LogP contribution in [0, 0.1) is 0 Å². The van der Waals surface area contributed by atoms with Gasteiger partial charge in [-0.2, -0.15) is 0 Å². The summed E-state index contributed by atoms with van der Waals surface area (Å²) in [6, 6.07) is 12.7. The predicted octanol–water partition coefficient (Wildman–Crippen LogP) is 4.55. The standard InChI is InChI=1S/C21H22ClN3O3/c22-16-8-6-15(7-9-16)20-13-17(24-28-20)21(26)23-14-18(19-5-4-12-27-19)25-10-2-1-3-11-25/h4-9,12-13,18H,1-3,10-11,14H2,(H,23,26)/t18-/m1/s1. The molecule has 0 spiro atoms. The van der Waals surface area contributed by atoms with Crippen LogP contribution in [-0.4, -0.2) is 35.6 Å². The van der Waals surface area contributed by atoms with Crippen LogP contribution in [-0.2, 0) is 0 Å². The Morgan fingerprint density at radius 3 is 2.68 bits per heavy atom. The zero-order valence-electron chi connectivity index (χ0n) is 15.4. The van der Waals surface area contributed by atoms with Crippen molar-refractivity contribution in [1.29, 1.82) is 0 Å². The molecule has 3 aromatic rings. The first kappa shape index (κ1) is 18.8. The molecule has 1 aromatic carbocycles. The average molecular weight is 400 g/mol. The first-order valence-corrected chi connectivity index (χ1v) is 9.87. The summed E-state index contributed by atoms with van der Waals surface area (Å²) in [5.74, 6) is 1.13. The highest BCUT2D eigenvalue weighted by atomic mass is 35.5. The van der Waals surface area contributed by atoms with Gasteiger partial charge in [0.15, 0.2) is 11.5 Å². The number of rotatable bonds is 6. The van der Waals surface area contributed by atoms with E-state index < -0.39 is 0 Å². The lowest BCUT2D eigenvalue weighted by molar-refractivity contribution is 0.0905. The molecular formula is C21H22ClN3O3. The molecule has 6 nitrogen and oxygen atoms in total. The van der Waals surface area contributed by atoms with Crippen LogP contribution in [0.3, 0.4) is 0 Å². The number of hydrogen-bond donors (Lipinski definition) is 1. The third kappa shape index (κ3) is 4.29. The summed E-state index contributed by atoms with van der Waals surface area (Å²) in [7, 11) is 0. The minimum Gasteiger partial charge on any atom is -0.468 e. The monoisotopic (exact) mass is 399 g/mol. The van der Waals surface area contributed by atoms with Crippen LogP contribution >= 0.6 is 11.6 Å². The SMILES string of the molecule is O=C(NC[C@H](c1ccco1)N1CCCCC1)c1cc(-c2ccc(Cl)cc2)on1. The summed E-state index contributed by atoms with van der Waals surface area (Å²) >= 11 is 5.91. The maximum atomic E-state index is 12.6. The third-order valence-electron chi connectivity index (χ3n) is 5.03. The van der Waals surface area contributed by atoms with Crippen LogP contribution in [0.2, 0.25) is 5.02 Å². The number of likely N-dealkylation sites (tertiary alicyclic amines) is 1. The summed E-state index contributed by atoms with van der Waals surface area (Å²) in [6.07, 6.45) is 5.25. The largest absolute Gasteiger partial charge is 0.468 e. The van der Waals surface area contributed by atoms with Crippen LogP contribution < -0.4 is 5.32 Å². The van der Waals surface area contributed by atoms with Gasteiger partial charge in [-0.15, -0.1) is 0 Å². The van der Waals surface area contributed by atoms with E-state index in [1.807, 2.05) is 24.3 Å². The van der Waals surface area contributed by atoms with Gasteiger partial charge in [-0.05, 0) is 62.3 Å². The molecule has 1 saturated heterocycles. The topological polar surface area (TPSA) is 71.5 Å². The lowest BCUT2D eigenvalue weighted by Gasteiger charge is -2.33. The number of hydrogen-bond acceptors (Lipinski definition) is 5. The van der Waals surface area contributed by atoms with Gasteiger partial charge < -0.3 is 14.3 Å².